The van der Waals surface area contributed by atoms with Crippen LogP contribution in [-0.2, 0) is 17.6 Å². The number of Topliss-reactive ketones (excluding diaryl/α,β-unsaturated/α-hetero) is 1. The zero-order chi connectivity index (χ0) is 23.2. The predicted octanol–water partition coefficient (Wildman–Crippen LogP) is 3.01. The Bertz CT molecular complexity index is 1620. The summed E-state index contributed by atoms with van der Waals surface area (Å²) in [5, 5.41) is 7.75. The molecule has 34 heavy (non-hydrogen) atoms. The van der Waals surface area contributed by atoms with Crippen LogP contribution in [0.1, 0.15) is 28.0 Å². The second-order valence-corrected chi connectivity index (χ2v) is 8.00. The van der Waals surface area contributed by atoms with E-state index in [1.807, 2.05) is 12.1 Å². The van der Waals surface area contributed by atoms with E-state index in [0.29, 0.717) is 40.9 Å². The molecule has 0 unspecified atom stereocenters. The summed E-state index contributed by atoms with van der Waals surface area (Å²) in [5.41, 5.74) is 2.56. The Hall–Kier alpha value is -4.73. The van der Waals surface area contributed by atoms with Crippen molar-refractivity contribution in [3.8, 4) is 17.4 Å². The van der Waals surface area contributed by atoms with Gasteiger partial charge in [-0.2, -0.15) is 9.78 Å². The highest BCUT2D eigenvalue weighted by Gasteiger charge is 2.24. The van der Waals surface area contributed by atoms with Crippen molar-refractivity contribution in [1.82, 2.24) is 24.7 Å². The average molecular weight is 454 g/mol. The van der Waals surface area contributed by atoms with Crippen LogP contribution in [-0.4, -0.2) is 36.4 Å². The van der Waals surface area contributed by atoms with Crippen molar-refractivity contribution in [1.29, 1.82) is 0 Å². The van der Waals surface area contributed by atoms with Crippen LogP contribution in [0.3, 0.4) is 0 Å². The summed E-state index contributed by atoms with van der Waals surface area (Å²) in [4.78, 5) is 48.8. The second kappa shape index (κ2) is 7.69. The van der Waals surface area contributed by atoms with Crippen molar-refractivity contribution in [3.63, 3.8) is 0 Å². The van der Waals surface area contributed by atoms with Gasteiger partial charge in [-0.3, -0.25) is 19.4 Å². The summed E-state index contributed by atoms with van der Waals surface area (Å²) in [7, 11) is 0. The fourth-order valence-corrected chi connectivity index (χ4v) is 4.26. The highest BCUT2D eigenvalue weighted by atomic mass is 16.3. The first-order chi connectivity index (χ1) is 16.6. The third-order valence-corrected chi connectivity index (χ3v) is 5.89. The quantitative estimate of drug-likeness (QED) is 0.276. The SMILES string of the molecule is O=C(Nc1cc(-c2ccco2)nn1-c1nc2c(c(=O)[nH]1)CCC2)C(=O)c1c[nH]c2ccccc12. The zero-order valence-electron chi connectivity index (χ0n) is 17.8. The highest BCUT2D eigenvalue weighted by molar-refractivity contribution is 6.48. The smallest absolute Gasteiger partial charge is 0.298 e. The number of ketones is 1. The van der Waals surface area contributed by atoms with E-state index in [4.69, 9.17) is 4.42 Å². The number of aromatic nitrogens is 5. The number of furan rings is 1. The van der Waals surface area contributed by atoms with Crippen LogP contribution in [0.2, 0.25) is 0 Å². The molecular weight excluding hydrogens is 436 g/mol. The van der Waals surface area contributed by atoms with Crippen LogP contribution in [0.5, 0.6) is 0 Å². The number of benzene rings is 1. The molecule has 5 aromatic rings. The number of carbonyl (C=O) groups excluding carboxylic acids is 2. The third kappa shape index (κ3) is 3.24. The highest BCUT2D eigenvalue weighted by Crippen LogP contribution is 2.26. The zero-order valence-corrected chi connectivity index (χ0v) is 17.8. The number of anilines is 1. The van der Waals surface area contributed by atoms with E-state index in [1.54, 1.807) is 30.3 Å². The lowest BCUT2D eigenvalue weighted by Crippen LogP contribution is -2.25. The molecule has 1 aliphatic rings. The first-order valence-corrected chi connectivity index (χ1v) is 10.8. The topological polar surface area (TPSA) is 139 Å². The molecule has 1 aliphatic carbocycles. The van der Waals surface area contributed by atoms with Crippen LogP contribution in [0, 0.1) is 0 Å². The van der Waals surface area contributed by atoms with E-state index in [0.717, 1.165) is 11.9 Å². The van der Waals surface area contributed by atoms with Gasteiger partial charge in [0.15, 0.2) is 5.76 Å². The van der Waals surface area contributed by atoms with Gasteiger partial charge in [0.05, 0.1) is 17.5 Å². The Morgan fingerprint density at radius 3 is 2.85 bits per heavy atom. The van der Waals surface area contributed by atoms with E-state index >= 15 is 0 Å². The minimum Gasteiger partial charge on any atom is -0.463 e. The Balaban J connectivity index is 1.40. The summed E-state index contributed by atoms with van der Waals surface area (Å²) in [6.07, 6.45) is 5.24. The lowest BCUT2D eigenvalue weighted by Gasteiger charge is -2.08. The second-order valence-electron chi connectivity index (χ2n) is 8.00. The molecule has 1 aromatic carbocycles. The summed E-state index contributed by atoms with van der Waals surface area (Å²) in [6, 6.07) is 12.2. The summed E-state index contributed by atoms with van der Waals surface area (Å²) in [5.74, 6) is -0.773. The normalized spacial score (nSPS) is 12.7. The minimum absolute atomic E-state index is 0.151. The van der Waals surface area contributed by atoms with Gasteiger partial charge in [0.2, 0.25) is 5.95 Å². The van der Waals surface area contributed by atoms with Crippen molar-refractivity contribution in [3.05, 3.63) is 82.1 Å². The van der Waals surface area contributed by atoms with Gasteiger partial charge in [-0.1, -0.05) is 18.2 Å². The minimum atomic E-state index is -0.847. The largest absolute Gasteiger partial charge is 0.463 e. The molecule has 10 nitrogen and oxygen atoms in total. The Morgan fingerprint density at radius 2 is 2.00 bits per heavy atom. The predicted molar refractivity (Wildman–Crippen MR) is 123 cm³/mol. The van der Waals surface area contributed by atoms with Crippen LogP contribution in [0.4, 0.5) is 5.82 Å². The Labute approximate surface area is 191 Å². The van der Waals surface area contributed by atoms with Crippen molar-refractivity contribution in [2.75, 3.05) is 5.32 Å². The number of hydrogen-bond donors (Lipinski definition) is 3. The fourth-order valence-electron chi connectivity index (χ4n) is 4.26. The number of nitrogens with one attached hydrogen (secondary N) is 3. The molecule has 0 saturated heterocycles. The van der Waals surface area contributed by atoms with Crippen LogP contribution < -0.4 is 10.9 Å². The first-order valence-electron chi connectivity index (χ1n) is 10.8. The number of nitrogens with zero attached hydrogens (tertiary/aromatic N) is 3. The third-order valence-electron chi connectivity index (χ3n) is 5.89. The Morgan fingerprint density at radius 1 is 1.12 bits per heavy atom. The van der Waals surface area contributed by atoms with E-state index < -0.39 is 11.7 Å². The van der Waals surface area contributed by atoms with Gasteiger partial charge in [-0.25, -0.2) is 4.98 Å². The maximum Gasteiger partial charge on any atom is 0.298 e. The molecule has 0 atom stereocenters. The lowest BCUT2D eigenvalue weighted by atomic mass is 10.1. The van der Waals surface area contributed by atoms with Gasteiger partial charge in [0.25, 0.3) is 17.2 Å². The number of carbonyl (C=O) groups is 2. The Kier molecular flexibility index (Phi) is 4.51. The number of fused-ring (bicyclic) bond motifs is 2. The summed E-state index contributed by atoms with van der Waals surface area (Å²) in [6.45, 7) is 0. The van der Waals surface area contributed by atoms with E-state index in [2.05, 4.69) is 25.4 Å². The van der Waals surface area contributed by atoms with Gasteiger partial charge in [0, 0.05) is 28.7 Å². The molecule has 10 heteroatoms. The maximum atomic E-state index is 13.0. The summed E-state index contributed by atoms with van der Waals surface area (Å²) >= 11 is 0. The van der Waals surface area contributed by atoms with Gasteiger partial charge in [0.1, 0.15) is 11.5 Å². The molecule has 4 aromatic heterocycles. The van der Waals surface area contributed by atoms with Gasteiger partial charge < -0.3 is 14.7 Å². The van der Waals surface area contributed by atoms with Crippen LogP contribution in [0.25, 0.3) is 28.3 Å². The molecule has 3 N–H and O–H groups in total. The standard InChI is InChI=1S/C24H18N6O4/c31-21(15-12-25-16-7-2-1-5-13(15)16)23(33)27-20-11-18(19-9-4-10-34-19)29-30(20)24-26-17-8-3-6-14(17)22(32)28-24/h1-2,4-5,7,9-12,25H,3,6,8H2,(H,27,33)(H,26,28,32). The fraction of sp³-hybridized carbons (Fsp3) is 0.125. The average Bonchev–Trinajstić information content (AvgIpc) is 3.64. The number of rotatable bonds is 5. The maximum absolute atomic E-state index is 13.0. The monoisotopic (exact) mass is 454 g/mol. The molecule has 0 saturated carbocycles. The number of amides is 1. The molecule has 6 rings (SSSR count). The van der Waals surface area contributed by atoms with Crippen LogP contribution >= 0.6 is 0 Å². The molecule has 1 amide bonds. The van der Waals surface area contributed by atoms with Crippen molar-refractivity contribution in [2.24, 2.45) is 0 Å². The van der Waals surface area contributed by atoms with Crippen molar-refractivity contribution < 1.29 is 14.0 Å². The van der Waals surface area contributed by atoms with Crippen molar-refractivity contribution in [2.45, 2.75) is 19.3 Å². The molecule has 0 aliphatic heterocycles. The first kappa shape index (κ1) is 19.9. The summed E-state index contributed by atoms with van der Waals surface area (Å²) < 4.78 is 6.73. The molecular formula is C24H18N6O4. The molecule has 0 bridgehead atoms. The number of aromatic amines is 2. The molecule has 0 fully saturated rings. The molecule has 168 valence electrons. The van der Waals surface area contributed by atoms with Gasteiger partial charge in [-0.15, -0.1) is 0 Å². The van der Waals surface area contributed by atoms with Gasteiger partial charge in [-0.05, 0) is 37.5 Å². The number of hydrogen-bond acceptors (Lipinski definition) is 6. The number of aryl methyl sites for hydroxylation is 1. The van der Waals surface area contributed by atoms with E-state index in [1.165, 1.54) is 17.1 Å². The number of H-pyrrole nitrogens is 2. The molecule has 0 spiro atoms. The molecule has 4 heterocycles. The van der Waals surface area contributed by atoms with Crippen molar-refractivity contribution >= 4 is 28.4 Å². The molecule has 0 radical (unpaired) electrons. The van der Waals surface area contributed by atoms with E-state index in [9.17, 15) is 14.4 Å². The number of para-hydroxylation sites is 1. The lowest BCUT2D eigenvalue weighted by molar-refractivity contribution is -0.112. The van der Waals surface area contributed by atoms with E-state index in [-0.39, 0.29) is 22.9 Å². The van der Waals surface area contributed by atoms with Crippen LogP contribution in [0.15, 0.2) is 64.1 Å². The van der Waals surface area contributed by atoms with Gasteiger partial charge >= 0.3 is 0 Å².